The standard InChI is InChI=1S/C10H12O2/c1-5-6(2)10-8(7(3)11)4-9(5)12-10/h8-10H,1-2,4H2,3H3/t8-,9-,10-/m0/s1. The molecule has 2 rings (SSSR count). The molecule has 0 spiro atoms. The highest BCUT2D eigenvalue weighted by molar-refractivity contribution is 5.81. The highest BCUT2D eigenvalue weighted by Crippen LogP contribution is 2.44. The first-order valence-electron chi connectivity index (χ1n) is 4.15. The van der Waals surface area contributed by atoms with Crippen LogP contribution >= 0.6 is 0 Å². The molecule has 2 fully saturated rings. The van der Waals surface area contributed by atoms with Gasteiger partial charge in [0.25, 0.3) is 0 Å². The van der Waals surface area contributed by atoms with Crippen LogP contribution in [0.3, 0.4) is 0 Å². The van der Waals surface area contributed by atoms with Gasteiger partial charge in [0.2, 0.25) is 0 Å². The summed E-state index contributed by atoms with van der Waals surface area (Å²) in [4.78, 5) is 11.1. The molecular weight excluding hydrogens is 152 g/mol. The van der Waals surface area contributed by atoms with E-state index in [1.807, 2.05) is 0 Å². The Balaban J connectivity index is 2.26. The number of hydrogen-bond donors (Lipinski definition) is 0. The molecule has 0 N–H and O–H groups in total. The summed E-state index contributed by atoms with van der Waals surface area (Å²) in [6, 6.07) is 0. The van der Waals surface area contributed by atoms with Crippen LogP contribution < -0.4 is 0 Å². The van der Waals surface area contributed by atoms with E-state index < -0.39 is 0 Å². The van der Waals surface area contributed by atoms with Gasteiger partial charge in [0.15, 0.2) is 0 Å². The summed E-state index contributed by atoms with van der Waals surface area (Å²) in [6.07, 6.45) is 0.800. The Kier molecular flexibility index (Phi) is 1.48. The monoisotopic (exact) mass is 164 g/mol. The van der Waals surface area contributed by atoms with Crippen molar-refractivity contribution in [3.05, 3.63) is 24.3 Å². The van der Waals surface area contributed by atoms with Gasteiger partial charge in [0.05, 0.1) is 18.1 Å². The Labute approximate surface area is 71.9 Å². The molecule has 2 nitrogen and oxygen atoms in total. The van der Waals surface area contributed by atoms with Gasteiger partial charge in [-0.2, -0.15) is 0 Å². The lowest BCUT2D eigenvalue weighted by molar-refractivity contribution is -0.121. The topological polar surface area (TPSA) is 26.3 Å². The van der Waals surface area contributed by atoms with E-state index in [4.69, 9.17) is 4.74 Å². The zero-order valence-electron chi connectivity index (χ0n) is 7.17. The highest BCUT2D eigenvalue weighted by atomic mass is 16.5. The van der Waals surface area contributed by atoms with Gasteiger partial charge >= 0.3 is 0 Å². The predicted octanol–water partition coefficient (Wildman–Crippen LogP) is 1.48. The van der Waals surface area contributed by atoms with Crippen LogP contribution in [-0.2, 0) is 9.53 Å². The maximum Gasteiger partial charge on any atom is 0.135 e. The van der Waals surface area contributed by atoms with Crippen LogP contribution in [0.25, 0.3) is 0 Å². The lowest BCUT2D eigenvalue weighted by Gasteiger charge is -2.18. The smallest absolute Gasteiger partial charge is 0.135 e. The molecule has 0 aromatic carbocycles. The van der Waals surface area contributed by atoms with Crippen LogP contribution in [-0.4, -0.2) is 18.0 Å². The van der Waals surface area contributed by atoms with Crippen LogP contribution in [0.1, 0.15) is 13.3 Å². The molecule has 2 bridgehead atoms. The fraction of sp³-hybridized carbons (Fsp3) is 0.500. The van der Waals surface area contributed by atoms with Crippen molar-refractivity contribution >= 4 is 5.78 Å². The van der Waals surface area contributed by atoms with E-state index in [-0.39, 0.29) is 23.9 Å². The van der Waals surface area contributed by atoms with Gasteiger partial charge in [-0.05, 0) is 24.5 Å². The van der Waals surface area contributed by atoms with Gasteiger partial charge in [-0.1, -0.05) is 13.2 Å². The van der Waals surface area contributed by atoms with Crippen LogP contribution in [0.2, 0.25) is 0 Å². The SMILES string of the molecule is C=C1C(=C)[C@@H]2O[C@H]1C[C@H]2C(C)=O. The Morgan fingerprint density at radius 2 is 2.17 bits per heavy atom. The van der Waals surface area contributed by atoms with Gasteiger partial charge in [0.1, 0.15) is 5.78 Å². The third-order valence-electron chi connectivity index (χ3n) is 2.81. The molecule has 3 atom stereocenters. The quantitative estimate of drug-likeness (QED) is 0.586. The second-order valence-corrected chi connectivity index (χ2v) is 3.55. The van der Waals surface area contributed by atoms with Crippen LogP contribution in [0.15, 0.2) is 24.3 Å². The minimum atomic E-state index is -0.0694. The van der Waals surface area contributed by atoms with Gasteiger partial charge in [-0.25, -0.2) is 0 Å². The van der Waals surface area contributed by atoms with Crippen LogP contribution in [0.5, 0.6) is 0 Å². The van der Waals surface area contributed by atoms with Gasteiger partial charge in [0, 0.05) is 0 Å². The summed E-state index contributed by atoms with van der Waals surface area (Å²) in [6.45, 7) is 9.37. The molecule has 0 aromatic rings. The number of ketones is 1. The molecule has 64 valence electrons. The molecule has 0 aromatic heterocycles. The van der Waals surface area contributed by atoms with Crippen LogP contribution in [0, 0.1) is 5.92 Å². The Morgan fingerprint density at radius 3 is 2.58 bits per heavy atom. The molecule has 0 amide bonds. The summed E-state index contributed by atoms with van der Waals surface area (Å²) in [5.74, 6) is 0.240. The molecule has 0 saturated carbocycles. The average Bonchev–Trinajstić information content (AvgIpc) is 2.53. The normalized spacial score (nSPS) is 39.2. The number of carbonyl (C=O) groups excluding carboxylic acids is 1. The number of hydrogen-bond acceptors (Lipinski definition) is 2. The maximum absolute atomic E-state index is 11.1. The van der Waals surface area contributed by atoms with E-state index >= 15 is 0 Å². The van der Waals surface area contributed by atoms with Crippen molar-refractivity contribution in [3.63, 3.8) is 0 Å². The predicted molar refractivity (Wildman–Crippen MR) is 45.7 cm³/mol. The molecule has 12 heavy (non-hydrogen) atoms. The van der Waals surface area contributed by atoms with Gasteiger partial charge in [-0.15, -0.1) is 0 Å². The number of ether oxygens (including phenoxy) is 1. The molecule has 0 aliphatic carbocycles. The fourth-order valence-electron chi connectivity index (χ4n) is 2.00. The second-order valence-electron chi connectivity index (χ2n) is 3.55. The van der Waals surface area contributed by atoms with E-state index in [0.29, 0.717) is 0 Å². The molecule has 2 aliphatic heterocycles. The molecule has 0 radical (unpaired) electrons. The molecular formula is C10H12O2. The largest absolute Gasteiger partial charge is 0.365 e. The van der Waals surface area contributed by atoms with Crippen molar-refractivity contribution in [2.75, 3.05) is 0 Å². The minimum Gasteiger partial charge on any atom is -0.365 e. The highest BCUT2D eigenvalue weighted by Gasteiger charge is 2.47. The van der Waals surface area contributed by atoms with Gasteiger partial charge in [-0.3, -0.25) is 4.79 Å². The minimum absolute atomic E-state index is 0.0352. The molecule has 0 unspecified atom stereocenters. The second kappa shape index (κ2) is 2.30. The maximum atomic E-state index is 11.1. The Hall–Kier alpha value is -0.890. The lowest BCUT2D eigenvalue weighted by Crippen LogP contribution is -2.25. The van der Waals surface area contributed by atoms with Crippen molar-refractivity contribution in [3.8, 4) is 0 Å². The van der Waals surface area contributed by atoms with Crippen molar-refractivity contribution in [1.29, 1.82) is 0 Å². The lowest BCUT2D eigenvalue weighted by atomic mass is 9.81. The summed E-state index contributed by atoms with van der Waals surface area (Å²) in [5.41, 5.74) is 1.91. The van der Waals surface area contributed by atoms with Crippen molar-refractivity contribution < 1.29 is 9.53 Å². The summed E-state index contributed by atoms with van der Waals surface area (Å²) >= 11 is 0. The number of rotatable bonds is 1. The zero-order valence-corrected chi connectivity index (χ0v) is 7.17. The summed E-state index contributed by atoms with van der Waals surface area (Å²) < 4.78 is 5.55. The summed E-state index contributed by atoms with van der Waals surface area (Å²) in [5, 5.41) is 0. The fourth-order valence-corrected chi connectivity index (χ4v) is 2.00. The first-order valence-corrected chi connectivity index (χ1v) is 4.15. The van der Waals surface area contributed by atoms with E-state index in [9.17, 15) is 4.79 Å². The third-order valence-corrected chi connectivity index (χ3v) is 2.81. The van der Waals surface area contributed by atoms with E-state index in [2.05, 4.69) is 13.2 Å². The number of carbonyl (C=O) groups is 1. The Bertz CT molecular complexity index is 278. The van der Waals surface area contributed by atoms with E-state index in [1.165, 1.54) is 0 Å². The van der Waals surface area contributed by atoms with Crippen LogP contribution in [0.4, 0.5) is 0 Å². The van der Waals surface area contributed by atoms with Crippen molar-refractivity contribution in [1.82, 2.24) is 0 Å². The van der Waals surface area contributed by atoms with Gasteiger partial charge < -0.3 is 4.74 Å². The van der Waals surface area contributed by atoms with Crippen molar-refractivity contribution in [2.24, 2.45) is 5.92 Å². The molecule has 2 saturated heterocycles. The average molecular weight is 164 g/mol. The number of fused-ring (bicyclic) bond motifs is 2. The first kappa shape index (κ1) is 7.74. The molecule has 2 heterocycles. The molecule has 2 aliphatic rings. The number of Topliss-reactive ketones (excluding diaryl/α,β-unsaturated/α-hetero) is 1. The first-order chi connectivity index (χ1) is 5.61. The third kappa shape index (κ3) is 0.815. The zero-order chi connectivity index (χ0) is 8.88. The summed E-state index contributed by atoms with van der Waals surface area (Å²) in [7, 11) is 0. The van der Waals surface area contributed by atoms with Crippen molar-refractivity contribution in [2.45, 2.75) is 25.6 Å². The van der Waals surface area contributed by atoms with E-state index in [0.717, 1.165) is 17.6 Å². The molecule has 2 heteroatoms. The Morgan fingerprint density at radius 1 is 1.50 bits per heavy atom. The van der Waals surface area contributed by atoms with E-state index in [1.54, 1.807) is 6.92 Å².